The van der Waals surface area contributed by atoms with Crippen molar-refractivity contribution in [2.75, 3.05) is 0 Å². The van der Waals surface area contributed by atoms with E-state index in [1.165, 1.54) is 82.3 Å². The van der Waals surface area contributed by atoms with E-state index in [2.05, 4.69) is 6.92 Å². The fourth-order valence-corrected chi connectivity index (χ4v) is 7.44. The smallest absolute Gasteiger partial charge is 0.156 e. The van der Waals surface area contributed by atoms with Crippen molar-refractivity contribution in [3.63, 3.8) is 0 Å². The minimum absolute atomic E-state index is 1.20. The summed E-state index contributed by atoms with van der Waals surface area (Å²) in [4.78, 5) is 0. The van der Waals surface area contributed by atoms with Gasteiger partial charge in [-0.2, -0.15) is 11.1 Å². The molecule has 0 nitrogen and oxygen atoms in total. The molecule has 0 atom stereocenters. The van der Waals surface area contributed by atoms with Crippen LogP contribution in [0, 0.1) is 0 Å². The summed E-state index contributed by atoms with van der Waals surface area (Å²) in [5, 5.41) is 0. The minimum Gasteiger partial charge on any atom is -0.167 e. The van der Waals surface area contributed by atoms with E-state index in [0.717, 1.165) is 0 Å². The lowest BCUT2D eigenvalue weighted by Gasteiger charge is -2.16. The lowest BCUT2D eigenvalue weighted by Crippen LogP contribution is -2.20. The van der Waals surface area contributed by atoms with Crippen LogP contribution >= 0.6 is 11.1 Å². The average molecular weight is 261 g/mol. The lowest BCUT2D eigenvalue weighted by atomic mass is 10.1. The third-order valence-corrected chi connectivity index (χ3v) is 9.43. The quantitative estimate of drug-likeness (QED) is 0.267. The van der Waals surface area contributed by atoms with Gasteiger partial charge in [-0.25, -0.2) is 0 Å². The van der Waals surface area contributed by atoms with Gasteiger partial charge in [0.1, 0.15) is 0 Å². The summed E-state index contributed by atoms with van der Waals surface area (Å²) >= 11 is 6.69. The number of hydrogen-bond donors (Lipinski definition) is 0. The van der Waals surface area contributed by atoms with Crippen LogP contribution in [-0.2, 0) is 0 Å². The van der Waals surface area contributed by atoms with Crippen LogP contribution in [0.5, 0.6) is 0 Å². The second-order valence-corrected chi connectivity index (χ2v) is 11.8. The molecule has 16 heavy (non-hydrogen) atoms. The molecular formula is C14H29ClSi. The van der Waals surface area contributed by atoms with Gasteiger partial charge in [-0.3, -0.25) is 0 Å². The molecule has 96 valence electrons. The predicted molar refractivity (Wildman–Crippen MR) is 77.9 cm³/mol. The van der Waals surface area contributed by atoms with E-state index in [-0.39, 0.29) is 0 Å². The Morgan fingerprint density at radius 2 is 1.31 bits per heavy atom. The number of unbranched alkanes of at least 4 members (excludes halogenated alkanes) is 7. The molecule has 1 rings (SSSR count). The minimum atomic E-state index is -1.20. The molecule has 0 N–H and O–H groups in total. The third-order valence-electron chi connectivity index (χ3n) is 3.98. The summed E-state index contributed by atoms with van der Waals surface area (Å²) in [6, 6.07) is 4.22. The maximum absolute atomic E-state index is 6.69. The van der Waals surface area contributed by atoms with Crippen LogP contribution < -0.4 is 0 Å². The molecule has 0 radical (unpaired) electrons. The van der Waals surface area contributed by atoms with Gasteiger partial charge < -0.3 is 0 Å². The van der Waals surface area contributed by atoms with E-state index in [9.17, 15) is 0 Å². The van der Waals surface area contributed by atoms with Crippen LogP contribution in [0.25, 0.3) is 0 Å². The Kier molecular flexibility index (Phi) is 7.81. The molecule has 1 aliphatic heterocycles. The van der Waals surface area contributed by atoms with Crippen molar-refractivity contribution in [2.45, 2.75) is 89.3 Å². The van der Waals surface area contributed by atoms with Crippen molar-refractivity contribution < 1.29 is 0 Å². The summed E-state index contributed by atoms with van der Waals surface area (Å²) < 4.78 is 0. The zero-order chi connectivity index (χ0) is 11.7. The van der Waals surface area contributed by atoms with Gasteiger partial charge in [-0.05, 0) is 18.1 Å². The van der Waals surface area contributed by atoms with Crippen molar-refractivity contribution in [1.82, 2.24) is 0 Å². The SMILES string of the molecule is CCCCCCCCCC[Si]1(Cl)CCCC1. The topological polar surface area (TPSA) is 0 Å². The molecule has 0 saturated carbocycles. The molecule has 1 aliphatic rings. The summed E-state index contributed by atoms with van der Waals surface area (Å²) in [6.45, 7) is 2.28. The van der Waals surface area contributed by atoms with Crippen molar-refractivity contribution in [3.05, 3.63) is 0 Å². The van der Waals surface area contributed by atoms with Gasteiger partial charge in [0.05, 0.1) is 0 Å². The lowest BCUT2D eigenvalue weighted by molar-refractivity contribution is 0.584. The molecule has 1 heterocycles. The van der Waals surface area contributed by atoms with Gasteiger partial charge >= 0.3 is 0 Å². The van der Waals surface area contributed by atoms with Gasteiger partial charge in [0.15, 0.2) is 7.38 Å². The summed E-state index contributed by atoms with van der Waals surface area (Å²) in [5.41, 5.74) is 0. The van der Waals surface area contributed by atoms with Crippen molar-refractivity contribution in [3.8, 4) is 0 Å². The van der Waals surface area contributed by atoms with Gasteiger partial charge in [-0.1, -0.05) is 71.1 Å². The molecule has 0 aliphatic carbocycles. The van der Waals surface area contributed by atoms with E-state index in [1.807, 2.05) is 0 Å². The molecule has 0 unspecified atom stereocenters. The Hall–Kier alpha value is 0.507. The first-order chi connectivity index (χ1) is 7.77. The Balaban J connectivity index is 1.84. The summed E-state index contributed by atoms with van der Waals surface area (Å²) in [5.74, 6) is 0. The highest BCUT2D eigenvalue weighted by molar-refractivity contribution is 7.20. The largest absolute Gasteiger partial charge is 0.167 e. The van der Waals surface area contributed by atoms with Crippen molar-refractivity contribution >= 4 is 18.5 Å². The van der Waals surface area contributed by atoms with Gasteiger partial charge in [0.25, 0.3) is 0 Å². The van der Waals surface area contributed by atoms with Crippen LogP contribution in [0.3, 0.4) is 0 Å². The van der Waals surface area contributed by atoms with E-state index >= 15 is 0 Å². The van der Waals surface area contributed by atoms with Crippen LogP contribution in [0.2, 0.25) is 18.1 Å². The average Bonchev–Trinajstić information content (AvgIpc) is 2.70. The molecule has 1 fully saturated rings. The Bertz CT molecular complexity index is 164. The van der Waals surface area contributed by atoms with Crippen LogP contribution in [0.1, 0.15) is 71.1 Å². The summed E-state index contributed by atoms with van der Waals surface area (Å²) in [6.07, 6.45) is 14.3. The molecular weight excluding hydrogens is 232 g/mol. The Labute approximate surface area is 108 Å². The second-order valence-electron chi connectivity index (χ2n) is 5.58. The van der Waals surface area contributed by atoms with Crippen LogP contribution in [0.4, 0.5) is 0 Å². The molecule has 0 amide bonds. The monoisotopic (exact) mass is 260 g/mol. The number of halogens is 1. The summed E-state index contributed by atoms with van der Waals surface area (Å²) in [7, 11) is -1.20. The maximum atomic E-state index is 6.69. The first-order valence-corrected chi connectivity index (χ1v) is 11.1. The highest BCUT2D eigenvalue weighted by atomic mass is 35.6. The zero-order valence-corrected chi connectivity index (χ0v) is 12.8. The fraction of sp³-hybridized carbons (Fsp3) is 1.00. The van der Waals surface area contributed by atoms with Crippen molar-refractivity contribution in [2.24, 2.45) is 0 Å². The third kappa shape index (κ3) is 6.29. The van der Waals surface area contributed by atoms with E-state index < -0.39 is 7.38 Å². The molecule has 0 spiro atoms. The maximum Gasteiger partial charge on any atom is 0.156 e. The predicted octanol–water partition coefficient (Wildman–Crippen LogP) is 6.11. The zero-order valence-electron chi connectivity index (χ0n) is 11.1. The van der Waals surface area contributed by atoms with E-state index in [4.69, 9.17) is 11.1 Å². The van der Waals surface area contributed by atoms with E-state index in [0.29, 0.717) is 0 Å². The normalized spacial score (nSPS) is 19.1. The number of rotatable bonds is 9. The van der Waals surface area contributed by atoms with Gasteiger partial charge in [0, 0.05) is 0 Å². The molecule has 0 aromatic rings. The van der Waals surface area contributed by atoms with Crippen LogP contribution in [-0.4, -0.2) is 7.38 Å². The highest BCUT2D eigenvalue weighted by Gasteiger charge is 2.33. The first kappa shape index (κ1) is 14.6. The van der Waals surface area contributed by atoms with Crippen LogP contribution in [0.15, 0.2) is 0 Å². The Morgan fingerprint density at radius 1 is 0.812 bits per heavy atom. The molecule has 0 aromatic carbocycles. The van der Waals surface area contributed by atoms with Crippen molar-refractivity contribution in [1.29, 1.82) is 0 Å². The number of hydrogen-bond acceptors (Lipinski definition) is 0. The highest BCUT2D eigenvalue weighted by Crippen LogP contribution is 2.37. The molecule has 0 aromatic heterocycles. The van der Waals surface area contributed by atoms with E-state index in [1.54, 1.807) is 0 Å². The Morgan fingerprint density at radius 3 is 1.88 bits per heavy atom. The molecule has 2 heteroatoms. The first-order valence-electron chi connectivity index (χ1n) is 7.46. The fourth-order valence-electron chi connectivity index (χ4n) is 2.83. The second kappa shape index (κ2) is 8.58. The molecule has 0 bridgehead atoms. The van der Waals surface area contributed by atoms with Gasteiger partial charge in [0.2, 0.25) is 0 Å². The standard InChI is InChI=1S/C14H29ClSi/c1-2-3-4-5-6-7-8-9-12-16(15)13-10-11-14-16/h2-14H2,1H3. The molecule has 1 saturated heterocycles. The van der Waals surface area contributed by atoms with Gasteiger partial charge in [-0.15, -0.1) is 0 Å².